The summed E-state index contributed by atoms with van der Waals surface area (Å²) in [6.45, 7) is 3.44. The van der Waals surface area contributed by atoms with E-state index >= 15 is 0 Å². The van der Waals surface area contributed by atoms with E-state index in [4.69, 9.17) is 4.74 Å². The number of rotatable bonds is 7. The minimum atomic E-state index is -0.0540. The van der Waals surface area contributed by atoms with Crippen molar-refractivity contribution in [2.24, 2.45) is 0 Å². The lowest BCUT2D eigenvalue weighted by Crippen LogP contribution is -2.27. The Morgan fingerprint density at radius 3 is 2.71 bits per heavy atom. The van der Waals surface area contributed by atoms with Gasteiger partial charge in [0.1, 0.15) is 0 Å². The van der Waals surface area contributed by atoms with Crippen LogP contribution in [0.4, 0.5) is 0 Å². The Labute approximate surface area is 167 Å². The average Bonchev–Trinajstić information content (AvgIpc) is 3.32. The Kier molecular flexibility index (Phi) is 6.10. The third kappa shape index (κ3) is 4.30. The van der Waals surface area contributed by atoms with Crippen LogP contribution >= 0.6 is 0 Å². The Morgan fingerprint density at radius 2 is 1.93 bits per heavy atom. The van der Waals surface area contributed by atoms with Gasteiger partial charge >= 0.3 is 0 Å². The number of nitrogens with zero attached hydrogens (tertiary/aromatic N) is 2. The van der Waals surface area contributed by atoms with Crippen molar-refractivity contribution in [3.05, 3.63) is 46.8 Å². The van der Waals surface area contributed by atoms with Gasteiger partial charge in [-0.25, -0.2) is 4.68 Å². The zero-order chi connectivity index (χ0) is 19.3. The lowest BCUT2D eigenvalue weighted by atomic mass is 9.98. The SMILES string of the molecule is Cc1ccc(-n2nc(C(=O)NCCCOC3CCCCC3)c3c2CCC3)cc1. The van der Waals surface area contributed by atoms with Crippen LogP contribution in [0.25, 0.3) is 5.69 Å². The molecular weight excluding hydrogens is 350 g/mol. The third-order valence-electron chi connectivity index (χ3n) is 5.94. The highest BCUT2D eigenvalue weighted by atomic mass is 16.5. The smallest absolute Gasteiger partial charge is 0.272 e. The number of amides is 1. The van der Waals surface area contributed by atoms with Gasteiger partial charge in [0.15, 0.2) is 5.69 Å². The number of aryl methyl sites for hydroxylation is 1. The van der Waals surface area contributed by atoms with Crippen LogP contribution in [0.2, 0.25) is 0 Å². The van der Waals surface area contributed by atoms with Gasteiger partial charge < -0.3 is 10.1 Å². The summed E-state index contributed by atoms with van der Waals surface area (Å²) in [5.41, 5.74) is 5.16. The third-order valence-corrected chi connectivity index (χ3v) is 5.94. The standard InChI is InChI=1S/C23H31N3O2/c1-17-11-13-18(14-12-17)26-21-10-5-9-20(21)22(25-26)23(27)24-15-6-16-28-19-7-3-2-4-8-19/h11-14,19H,2-10,15-16H2,1H3,(H,24,27). The van der Waals surface area contributed by atoms with Crippen molar-refractivity contribution in [3.63, 3.8) is 0 Å². The second kappa shape index (κ2) is 8.91. The summed E-state index contributed by atoms with van der Waals surface area (Å²) in [4.78, 5) is 12.7. The fourth-order valence-electron chi connectivity index (χ4n) is 4.36. The van der Waals surface area contributed by atoms with Crippen LogP contribution in [-0.2, 0) is 17.6 Å². The van der Waals surface area contributed by atoms with Crippen molar-refractivity contribution in [3.8, 4) is 5.69 Å². The predicted octanol–water partition coefficient (Wildman–Crippen LogP) is 4.14. The first kappa shape index (κ1) is 19.2. The van der Waals surface area contributed by atoms with Gasteiger partial charge in [0.05, 0.1) is 11.8 Å². The Bertz CT molecular complexity index is 804. The molecule has 1 N–H and O–H groups in total. The second-order valence-electron chi connectivity index (χ2n) is 8.12. The highest BCUT2D eigenvalue weighted by Crippen LogP contribution is 2.28. The predicted molar refractivity (Wildman–Crippen MR) is 110 cm³/mol. The molecule has 0 bridgehead atoms. The molecule has 1 aromatic carbocycles. The van der Waals surface area contributed by atoms with Gasteiger partial charge in [-0.05, 0) is 57.6 Å². The second-order valence-corrected chi connectivity index (χ2v) is 8.12. The summed E-state index contributed by atoms with van der Waals surface area (Å²) >= 11 is 0. The molecule has 2 aliphatic rings. The summed E-state index contributed by atoms with van der Waals surface area (Å²) in [5, 5.41) is 7.72. The number of benzene rings is 1. The molecule has 1 heterocycles. The molecule has 0 aliphatic heterocycles. The molecule has 0 radical (unpaired) electrons. The maximum atomic E-state index is 12.7. The Balaban J connectivity index is 1.34. The molecule has 2 aliphatic carbocycles. The number of nitrogens with one attached hydrogen (secondary N) is 1. The topological polar surface area (TPSA) is 56.2 Å². The molecule has 1 saturated carbocycles. The summed E-state index contributed by atoms with van der Waals surface area (Å²) in [7, 11) is 0. The van der Waals surface area contributed by atoms with Gasteiger partial charge in [0, 0.05) is 24.4 Å². The molecule has 5 heteroatoms. The van der Waals surface area contributed by atoms with Gasteiger partial charge in [0.2, 0.25) is 0 Å². The zero-order valence-electron chi connectivity index (χ0n) is 16.9. The molecule has 0 saturated heterocycles. The summed E-state index contributed by atoms with van der Waals surface area (Å²) < 4.78 is 7.91. The van der Waals surface area contributed by atoms with Crippen LogP contribution in [0.15, 0.2) is 24.3 Å². The molecule has 0 atom stereocenters. The van der Waals surface area contributed by atoms with Crippen molar-refractivity contribution >= 4 is 5.91 Å². The normalized spacial score (nSPS) is 16.9. The number of hydrogen-bond acceptors (Lipinski definition) is 3. The Morgan fingerprint density at radius 1 is 1.14 bits per heavy atom. The number of ether oxygens (including phenoxy) is 1. The van der Waals surface area contributed by atoms with Gasteiger partial charge in [-0.2, -0.15) is 5.10 Å². The molecule has 150 valence electrons. The highest BCUT2D eigenvalue weighted by Gasteiger charge is 2.26. The average molecular weight is 382 g/mol. The molecule has 1 amide bonds. The zero-order valence-corrected chi connectivity index (χ0v) is 16.9. The van der Waals surface area contributed by atoms with E-state index in [-0.39, 0.29) is 5.91 Å². The van der Waals surface area contributed by atoms with Crippen LogP contribution < -0.4 is 5.32 Å². The number of fused-ring (bicyclic) bond motifs is 1. The monoisotopic (exact) mass is 381 g/mol. The lowest BCUT2D eigenvalue weighted by molar-refractivity contribution is 0.0273. The van der Waals surface area contributed by atoms with E-state index in [9.17, 15) is 4.79 Å². The molecule has 1 fully saturated rings. The number of carbonyl (C=O) groups excluding carboxylic acids is 1. The minimum absolute atomic E-state index is 0.0540. The number of hydrogen-bond donors (Lipinski definition) is 1. The number of aromatic nitrogens is 2. The van der Waals surface area contributed by atoms with Crippen molar-refractivity contribution in [1.29, 1.82) is 0 Å². The fourth-order valence-corrected chi connectivity index (χ4v) is 4.36. The maximum Gasteiger partial charge on any atom is 0.272 e. The van der Waals surface area contributed by atoms with Gasteiger partial charge in [-0.1, -0.05) is 37.0 Å². The molecule has 4 rings (SSSR count). The first-order valence-electron chi connectivity index (χ1n) is 10.8. The van der Waals surface area contributed by atoms with Crippen molar-refractivity contribution in [2.45, 2.75) is 70.8 Å². The minimum Gasteiger partial charge on any atom is -0.378 e. The van der Waals surface area contributed by atoms with E-state index < -0.39 is 0 Å². The number of carbonyl (C=O) groups is 1. The lowest BCUT2D eigenvalue weighted by Gasteiger charge is -2.21. The molecule has 1 aromatic heterocycles. The van der Waals surface area contributed by atoms with Crippen LogP contribution in [0.1, 0.15) is 72.3 Å². The van der Waals surface area contributed by atoms with Crippen LogP contribution in [-0.4, -0.2) is 34.9 Å². The van der Waals surface area contributed by atoms with Crippen LogP contribution in [0, 0.1) is 6.92 Å². The van der Waals surface area contributed by atoms with E-state index in [0.29, 0.717) is 18.3 Å². The molecule has 0 spiro atoms. The maximum absolute atomic E-state index is 12.7. The Hall–Kier alpha value is -2.14. The molecular formula is C23H31N3O2. The van der Waals surface area contributed by atoms with Crippen molar-refractivity contribution in [2.75, 3.05) is 13.2 Å². The first-order valence-corrected chi connectivity index (χ1v) is 10.8. The van der Waals surface area contributed by atoms with E-state index in [2.05, 4.69) is 41.6 Å². The molecule has 28 heavy (non-hydrogen) atoms. The summed E-state index contributed by atoms with van der Waals surface area (Å²) in [5.74, 6) is -0.0540. The quantitative estimate of drug-likeness (QED) is 0.734. The summed E-state index contributed by atoms with van der Waals surface area (Å²) in [6.07, 6.45) is 10.6. The highest BCUT2D eigenvalue weighted by molar-refractivity contribution is 5.94. The largest absolute Gasteiger partial charge is 0.378 e. The summed E-state index contributed by atoms with van der Waals surface area (Å²) in [6, 6.07) is 8.32. The van der Waals surface area contributed by atoms with E-state index in [1.807, 2.05) is 4.68 Å². The van der Waals surface area contributed by atoms with E-state index in [0.717, 1.165) is 43.5 Å². The molecule has 5 nitrogen and oxygen atoms in total. The van der Waals surface area contributed by atoms with Crippen molar-refractivity contribution in [1.82, 2.24) is 15.1 Å². The first-order chi connectivity index (χ1) is 13.7. The fraction of sp³-hybridized carbons (Fsp3) is 0.565. The molecule has 0 unspecified atom stereocenters. The van der Waals surface area contributed by atoms with E-state index in [1.165, 1.54) is 43.4 Å². The van der Waals surface area contributed by atoms with Gasteiger partial charge in [0.25, 0.3) is 5.91 Å². The van der Waals surface area contributed by atoms with Gasteiger partial charge in [-0.3, -0.25) is 4.79 Å². The van der Waals surface area contributed by atoms with Crippen LogP contribution in [0.5, 0.6) is 0 Å². The van der Waals surface area contributed by atoms with Crippen molar-refractivity contribution < 1.29 is 9.53 Å². The molecule has 2 aromatic rings. The van der Waals surface area contributed by atoms with Gasteiger partial charge in [-0.15, -0.1) is 0 Å². The van der Waals surface area contributed by atoms with E-state index in [1.54, 1.807) is 0 Å². The van der Waals surface area contributed by atoms with Crippen LogP contribution in [0.3, 0.4) is 0 Å².